The highest BCUT2D eigenvalue weighted by atomic mass is 16.4. The summed E-state index contributed by atoms with van der Waals surface area (Å²) in [5.41, 5.74) is -1.07. The molecule has 0 fully saturated rings. The van der Waals surface area contributed by atoms with Gasteiger partial charge in [-0.25, -0.2) is 9.78 Å². The molecule has 1 unspecified atom stereocenters. The van der Waals surface area contributed by atoms with Crippen LogP contribution in [0.4, 0.5) is 5.82 Å². The van der Waals surface area contributed by atoms with E-state index in [4.69, 9.17) is 5.11 Å². The second kappa shape index (κ2) is 5.74. The van der Waals surface area contributed by atoms with Gasteiger partial charge in [-0.1, -0.05) is 0 Å². The Kier molecular flexibility index (Phi) is 4.57. The molecule has 0 amide bonds. The highest BCUT2D eigenvalue weighted by molar-refractivity contribution is 5.85. The number of carbonyl (C=O) groups is 1. The molecule has 0 radical (unpaired) electrons. The number of nitrogens with zero attached hydrogens (tertiary/aromatic N) is 3. The van der Waals surface area contributed by atoms with Crippen molar-refractivity contribution >= 4 is 11.8 Å². The van der Waals surface area contributed by atoms with E-state index in [1.165, 1.54) is 12.4 Å². The quantitative estimate of drug-likeness (QED) is 0.652. The maximum Gasteiger partial charge on any atom is 0.356 e. The number of anilines is 1. The van der Waals surface area contributed by atoms with E-state index in [0.29, 0.717) is 12.4 Å². The van der Waals surface area contributed by atoms with Crippen LogP contribution >= 0.6 is 0 Å². The SMILES string of the molecule is CN(C)CC(C)(O)CNc1cncc(C(=O)O)n1. The lowest BCUT2D eigenvalue weighted by atomic mass is 10.1. The lowest BCUT2D eigenvalue weighted by Gasteiger charge is -2.27. The Morgan fingerprint density at radius 2 is 2.17 bits per heavy atom. The number of hydrogen-bond acceptors (Lipinski definition) is 6. The van der Waals surface area contributed by atoms with Crippen LogP contribution in [0.15, 0.2) is 12.4 Å². The van der Waals surface area contributed by atoms with E-state index in [0.717, 1.165) is 0 Å². The van der Waals surface area contributed by atoms with Crippen LogP contribution in [0.3, 0.4) is 0 Å². The van der Waals surface area contributed by atoms with Crippen molar-refractivity contribution in [1.82, 2.24) is 14.9 Å². The molecule has 0 aliphatic carbocycles. The number of likely N-dealkylation sites (N-methyl/N-ethyl adjacent to an activating group) is 1. The van der Waals surface area contributed by atoms with E-state index in [1.54, 1.807) is 6.92 Å². The van der Waals surface area contributed by atoms with E-state index in [9.17, 15) is 9.90 Å². The molecule has 0 aromatic carbocycles. The van der Waals surface area contributed by atoms with Crippen molar-refractivity contribution in [2.24, 2.45) is 0 Å². The summed E-state index contributed by atoms with van der Waals surface area (Å²) in [6.07, 6.45) is 2.59. The number of aromatic nitrogens is 2. The highest BCUT2D eigenvalue weighted by Crippen LogP contribution is 2.08. The molecule has 1 aromatic rings. The van der Waals surface area contributed by atoms with Crippen LogP contribution in [0.1, 0.15) is 17.4 Å². The zero-order valence-corrected chi connectivity index (χ0v) is 10.7. The highest BCUT2D eigenvalue weighted by Gasteiger charge is 2.21. The third-order valence-electron chi connectivity index (χ3n) is 2.16. The van der Waals surface area contributed by atoms with Gasteiger partial charge in [-0.15, -0.1) is 0 Å². The summed E-state index contributed by atoms with van der Waals surface area (Å²) < 4.78 is 0. The second-order valence-electron chi connectivity index (χ2n) is 4.68. The molecule has 0 saturated heterocycles. The fourth-order valence-corrected chi connectivity index (χ4v) is 1.57. The van der Waals surface area contributed by atoms with Gasteiger partial charge in [0, 0.05) is 13.1 Å². The van der Waals surface area contributed by atoms with Gasteiger partial charge in [0.05, 0.1) is 18.0 Å². The summed E-state index contributed by atoms with van der Waals surface area (Å²) in [4.78, 5) is 20.2. The van der Waals surface area contributed by atoms with Crippen molar-refractivity contribution < 1.29 is 15.0 Å². The molecule has 100 valence electrons. The van der Waals surface area contributed by atoms with E-state index in [1.807, 2.05) is 19.0 Å². The molecule has 1 heterocycles. The van der Waals surface area contributed by atoms with Gasteiger partial charge in [0.25, 0.3) is 0 Å². The third-order valence-corrected chi connectivity index (χ3v) is 2.16. The van der Waals surface area contributed by atoms with Crippen molar-refractivity contribution in [2.75, 3.05) is 32.5 Å². The Labute approximate surface area is 105 Å². The molecule has 18 heavy (non-hydrogen) atoms. The molecule has 7 nitrogen and oxygen atoms in total. The number of hydrogen-bond donors (Lipinski definition) is 3. The van der Waals surface area contributed by atoms with Gasteiger partial charge in [-0.3, -0.25) is 4.98 Å². The average Bonchev–Trinajstić information content (AvgIpc) is 2.25. The molecule has 0 aliphatic heterocycles. The minimum Gasteiger partial charge on any atom is -0.476 e. The molecule has 0 spiro atoms. The molecule has 0 bridgehead atoms. The number of aliphatic hydroxyl groups is 1. The van der Waals surface area contributed by atoms with Crippen LogP contribution in [-0.4, -0.2) is 63.8 Å². The lowest BCUT2D eigenvalue weighted by Crippen LogP contribution is -2.43. The standard InChI is InChI=1S/C11H18N4O3/c1-11(18,7-15(2)3)6-13-9-5-12-4-8(14-9)10(16)17/h4-5,18H,6-7H2,1-3H3,(H,13,14)(H,16,17). The third kappa shape index (κ3) is 4.64. The number of aromatic carboxylic acids is 1. The minimum atomic E-state index is -1.13. The Bertz CT molecular complexity index is 421. The van der Waals surface area contributed by atoms with Gasteiger partial charge in [-0.2, -0.15) is 0 Å². The molecular formula is C11H18N4O3. The van der Waals surface area contributed by atoms with Crippen LogP contribution in [0, 0.1) is 0 Å². The number of carboxylic acids is 1. The molecule has 1 rings (SSSR count). The summed E-state index contributed by atoms with van der Waals surface area (Å²) in [6, 6.07) is 0. The fraction of sp³-hybridized carbons (Fsp3) is 0.545. The van der Waals surface area contributed by atoms with Crippen molar-refractivity contribution in [1.29, 1.82) is 0 Å². The summed E-state index contributed by atoms with van der Waals surface area (Å²) in [5, 5.41) is 21.7. The van der Waals surface area contributed by atoms with Gasteiger partial charge >= 0.3 is 5.97 Å². The van der Waals surface area contributed by atoms with E-state index >= 15 is 0 Å². The van der Waals surface area contributed by atoms with Crippen molar-refractivity contribution in [3.05, 3.63) is 18.1 Å². The number of carboxylic acid groups (broad SMARTS) is 1. The van der Waals surface area contributed by atoms with E-state index in [-0.39, 0.29) is 12.2 Å². The van der Waals surface area contributed by atoms with Crippen LogP contribution in [-0.2, 0) is 0 Å². The Morgan fingerprint density at radius 1 is 1.50 bits per heavy atom. The van der Waals surface area contributed by atoms with Gasteiger partial charge in [0.1, 0.15) is 5.82 Å². The largest absolute Gasteiger partial charge is 0.476 e. The smallest absolute Gasteiger partial charge is 0.356 e. The van der Waals surface area contributed by atoms with Crippen LogP contribution in [0.5, 0.6) is 0 Å². The normalized spacial score (nSPS) is 14.3. The first kappa shape index (κ1) is 14.3. The van der Waals surface area contributed by atoms with Crippen LogP contribution in [0.2, 0.25) is 0 Å². The van der Waals surface area contributed by atoms with Crippen LogP contribution in [0.25, 0.3) is 0 Å². The zero-order chi connectivity index (χ0) is 13.8. The average molecular weight is 254 g/mol. The van der Waals surface area contributed by atoms with Crippen molar-refractivity contribution in [3.8, 4) is 0 Å². The topological polar surface area (TPSA) is 98.6 Å². The fourth-order valence-electron chi connectivity index (χ4n) is 1.57. The van der Waals surface area contributed by atoms with Crippen molar-refractivity contribution in [2.45, 2.75) is 12.5 Å². The maximum absolute atomic E-state index is 10.7. The Balaban J connectivity index is 2.63. The maximum atomic E-state index is 10.7. The van der Waals surface area contributed by atoms with E-state index in [2.05, 4.69) is 15.3 Å². The summed E-state index contributed by atoms with van der Waals surface area (Å²) >= 11 is 0. The van der Waals surface area contributed by atoms with Gasteiger partial charge in [-0.05, 0) is 21.0 Å². The first-order valence-corrected chi connectivity index (χ1v) is 5.46. The molecule has 1 aromatic heterocycles. The Hall–Kier alpha value is -1.73. The molecule has 0 saturated carbocycles. The van der Waals surface area contributed by atoms with E-state index < -0.39 is 11.6 Å². The lowest BCUT2D eigenvalue weighted by molar-refractivity contribution is 0.0459. The second-order valence-corrected chi connectivity index (χ2v) is 4.68. The van der Waals surface area contributed by atoms with Gasteiger partial charge < -0.3 is 20.4 Å². The summed E-state index contributed by atoms with van der Waals surface area (Å²) in [6.45, 7) is 2.42. The predicted octanol–water partition coefficient (Wildman–Crippen LogP) is -0.101. The van der Waals surface area contributed by atoms with Gasteiger partial charge in [0.15, 0.2) is 5.69 Å². The monoisotopic (exact) mass is 254 g/mol. The molecule has 0 aliphatic rings. The number of rotatable bonds is 6. The summed E-state index contributed by atoms with van der Waals surface area (Å²) in [5.74, 6) is -0.805. The minimum absolute atomic E-state index is 0.132. The summed E-state index contributed by atoms with van der Waals surface area (Å²) in [7, 11) is 3.72. The van der Waals surface area contributed by atoms with Crippen molar-refractivity contribution in [3.63, 3.8) is 0 Å². The number of nitrogens with one attached hydrogen (secondary N) is 1. The Morgan fingerprint density at radius 3 is 2.72 bits per heavy atom. The van der Waals surface area contributed by atoms with Gasteiger partial charge in [0.2, 0.25) is 0 Å². The molecule has 1 atom stereocenters. The molecule has 3 N–H and O–H groups in total. The van der Waals surface area contributed by atoms with Crippen LogP contribution < -0.4 is 5.32 Å². The molecule has 7 heteroatoms. The first-order valence-electron chi connectivity index (χ1n) is 5.46. The molecular weight excluding hydrogens is 236 g/mol. The first-order chi connectivity index (χ1) is 8.30. The predicted molar refractivity (Wildman–Crippen MR) is 66.7 cm³/mol. The zero-order valence-electron chi connectivity index (χ0n) is 10.7.